The number of anilines is 1. The molecule has 2 rings (SSSR count). The maximum absolute atomic E-state index is 11.8. The van der Waals surface area contributed by atoms with Crippen LogP contribution in [-0.4, -0.2) is 21.1 Å². The van der Waals surface area contributed by atoms with Crippen LogP contribution >= 0.6 is 27.3 Å². The van der Waals surface area contributed by atoms with Crippen LogP contribution in [0.1, 0.15) is 35.3 Å². The van der Waals surface area contributed by atoms with Crippen LogP contribution in [0.25, 0.3) is 0 Å². The van der Waals surface area contributed by atoms with Gasteiger partial charge in [0.25, 0.3) is 5.91 Å². The highest BCUT2D eigenvalue weighted by atomic mass is 79.9. The van der Waals surface area contributed by atoms with E-state index >= 15 is 0 Å². The molecular weight excluding hydrogens is 316 g/mol. The van der Waals surface area contributed by atoms with Crippen molar-refractivity contribution in [3.05, 3.63) is 27.4 Å². The molecule has 5 nitrogen and oxygen atoms in total. The fourth-order valence-electron chi connectivity index (χ4n) is 1.40. The van der Waals surface area contributed by atoms with Crippen molar-refractivity contribution in [3.8, 4) is 0 Å². The number of halogens is 1. The Hall–Kier alpha value is -1.21. The number of unbranched alkanes of at least 4 members (excludes halogenated alkanes) is 1. The zero-order chi connectivity index (χ0) is 13.0. The minimum Gasteiger partial charge on any atom is -0.356 e. The normalized spacial score (nSPS) is 10.6. The van der Waals surface area contributed by atoms with Crippen LogP contribution in [0.5, 0.6) is 0 Å². The van der Waals surface area contributed by atoms with E-state index in [0.717, 1.165) is 28.7 Å². The SMILES string of the molecule is CCCCc1nnc(NC(=O)c2cc(Br)c[nH]2)s1. The van der Waals surface area contributed by atoms with Crippen molar-refractivity contribution in [1.29, 1.82) is 0 Å². The van der Waals surface area contributed by atoms with E-state index in [1.165, 1.54) is 11.3 Å². The Kier molecular flexibility index (Phi) is 4.48. The summed E-state index contributed by atoms with van der Waals surface area (Å²) in [6.45, 7) is 2.13. The smallest absolute Gasteiger partial charge is 0.273 e. The predicted octanol–water partition coefficient (Wildman–Crippen LogP) is 3.22. The lowest BCUT2D eigenvalue weighted by atomic mass is 10.3. The molecule has 0 fully saturated rings. The number of nitrogens with zero attached hydrogens (tertiary/aromatic N) is 2. The van der Waals surface area contributed by atoms with Gasteiger partial charge in [0.2, 0.25) is 5.13 Å². The number of nitrogens with one attached hydrogen (secondary N) is 2. The molecule has 0 atom stereocenters. The van der Waals surface area contributed by atoms with Crippen molar-refractivity contribution in [2.45, 2.75) is 26.2 Å². The number of hydrogen-bond donors (Lipinski definition) is 2. The highest BCUT2D eigenvalue weighted by Gasteiger charge is 2.11. The van der Waals surface area contributed by atoms with Gasteiger partial charge in [-0.1, -0.05) is 24.7 Å². The molecule has 0 unspecified atom stereocenters. The Morgan fingerprint density at radius 3 is 3.06 bits per heavy atom. The largest absolute Gasteiger partial charge is 0.356 e. The maximum atomic E-state index is 11.8. The quantitative estimate of drug-likeness (QED) is 0.885. The average Bonchev–Trinajstić information content (AvgIpc) is 2.96. The third-order valence-electron chi connectivity index (χ3n) is 2.32. The first-order chi connectivity index (χ1) is 8.69. The van der Waals surface area contributed by atoms with Crippen molar-refractivity contribution < 1.29 is 4.79 Å². The van der Waals surface area contributed by atoms with Crippen molar-refractivity contribution in [2.75, 3.05) is 5.32 Å². The molecule has 7 heteroatoms. The summed E-state index contributed by atoms with van der Waals surface area (Å²) < 4.78 is 0.841. The molecule has 0 bridgehead atoms. The number of carbonyl (C=O) groups is 1. The van der Waals surface area contributed by atoms with Crippen molar-refractivity contribution >= 4 is 38.3 Å². The topological polar surface area (TPSA) is 70.7 Å². The monoisotopic (exact) mass is 328 g/mol. The number of carbonyl (C=O) groups excluding carboxylic acids is 1. The Labute approximate surface area is 117 Å². The fourth-order valence-corrected chi connectivity index (χ4v) is 2.52. The highest BCUT2D eigenvalue weighted by Crippen LogP contribution is 2.18. The van der Waals surface area contributed by atoms with Crippen molar-refractivity contribution in [1.82, 2.24) is 15.2 Å². The van der Waals surface area contributed by atoms with E-state index in [2.05, 4.69) is 43.4 Å². The lowest BCUT2D eigenvalue weighted by Crippen LogP contribution is -2.11. The molecule has 96 valence electrons. The predicted molar refractivity (Wildman–Crippen MR) is 75.0 cm³/mol. The van der Waals surface area contributed by atoms with Crippen LogP contribution in [0.2, 0.25) is 0 Å². The van der Waals surface area contributed by atoms with E-state index in [0.29, 0.717) is 10.8 Å². The average molecular weight is 329 g/mol. The van der Waals surface area contributed by atoms with Gasteiger partial charge in [0.05, 0.1) is 0 Å². The molecule has 2 N–H and O–H groups in total. The summed E-state index contributed by atoms with van der Waals surface area (Å²) in [7, 11) is 0. The first-order valence-electron chi connectivity index (χ1n) is 5.66. The molecule has 0 saturated heterocycles. The van der Waals surface area contributed by atoms with Gasteiger partial charge in [0, 0.05) is 17.1 Å². The Balaban J connectivity index is 1.97. The van der Waals surface area contributed by atoms with E-state index in [1.807, 2.05) is 0 Å². The second-order valence-electron chi connectivity index (χ2n) is 3.79. The van der Waals surface area contributed by atoms with Gasteiger partial charge >= 0.3 is 0 Å². The second-order valence-corrected chi connectivity index (χ2v) is 5.77. The van der Waals surface area contributed by atoms with E-state index in [4.69, 9.17) is 0 Å². The van der Waals surface area contributed by atoms with E-state index in [1.54, 1.807) is 12.3 Å². The van der Waals surface area contributed by atoms with Crippen LogP contribution < -0.4 is 5.32 Å². The summed E-state index contributed by atoms with van der Waals surface area (Å²) in [5, 5.41) is 12.2. The lowest BCUT2D eigenvalue weighted by molar-refractivity contribution is 0.102. The van der Waals surface area contributed by atoms with Crippen LogP contribution in [0.4, 0.5) is 5.13 Å². The number of aromatic amines is 1. The van der Waals surface area contributed by atoms with Gasteiger partial charge in [0.1, 0.15) is 10.7 Å². The first kappa shape index (κ1) is 13.2. The Bertz CT molecular complexity index is 537. The molecule has 1 amide bonds. The standard InChI is InChI=1S/C11H13BrN4OS/c1-2-3-4-9-15-16-11(18-9)14-10(17)8-5-7(12)6-13-8/h5-6,13H,2-4H2,1H3,(H,14,16,17). The fraction of sp³-hybridized carbons (Fsp3) is 0.364. The van der Waals surface area contributed by atoms with Crippen LogP contribution in [-0.2, 0) is 6.42 Å². The number of hydrogen-bond acceptors (Lipinski definition) is 4. The lowest BCUT2D eigenvalue weighted by Gasteiger charge is -1.96. The summed E-state index contributed by atoms with van der Waals surface area (Å²) in [6, 6.07) is 1.72. The highest BCUT2D eigenvalue weighted by molar-refractivity contribution is 9.10. The summed E-state index contributed by atoms with van der Waals surface area (Å²) in [4.78, 5) is 14.7. The van der Waals surface area contributed by atoms with E-state index in [9.17, 15) is 4.79 Å². The molecular formula is C11H13BrN4OS. The number of amides is 1. The Morgan fingerprint density at radius 2 is 2.39 bits per heavy atom. The summed E-state index contributed by atoms with van der Waals surface area (Å²) in [6.07, 6.45) is 4.84. The summed E-state index contributed by atoms with van der Waals surface area (Å²) >= 11 is 4.70. The van der Waals surface area contributed by atoms with Gasteiger partial charge in [-0.25, -0.2) is 0 Å². The number of aryl methyl sites for hydroxylation is 1. The molecule has 2 aromatic rings. The molecule has 0 aliphatic carbocycles. The summed E-state index contributed by atoms with van der Waals surface area (Å²) in [5.41, 5.74) is 0.493. The van der Waals surface area contributed by atoms with Crippen LogP contribution in [0.3, 0.4) is 0 Å². The third-order valence-corrected chi connectivity index (χ3v) is 3.68. The molecule has 0 saturated carbocycles. The molecule has 2 aromatic heterocycles. The number of rotatable bonds is 5. The molecule has 0 aliphatic rings. The van der Waals surface area contributed by atoms with Crippen LogP contribution in [0.15, 0.2) is 16.7 Å². The molecule has 0 aliphatic heterocycles. The molecule has 0 aromatic carbocycles. The minimum absolute atomic E-state index is 0.209. The second kappa shape index (κ2) is 6.10. The van der Waals surface area contributed by atoms with E-state index < -0.39 is 0 Å². The zero-order valence-corrected chi connectivity index (χ0v) is 12.3. The molecule has 0 radical (unpaired) electrons. The third kappa shape index (κ3) is 3.39. The van der Waals surface area contributed by atoms with Crippen molar-refractivity contribution in [2.24, 2.45) is 0 Å². The zero-order valence-electron chi connectivity index (χ0n) is 9.86. The number of aromatic nitrogens is 3. The van der Waals surface area contributed by atoms with Crippen molar-refractivity contribution in [3.63, 3.8) is 0 Å². The molecule has 0 spiro atoms. The summed E-state index contributed by atoms with van der Waals surface area (Å²) in [5.74, 6) is -0.209. The maximum Gasteiger partial charge on any atom is 0.273 e. The van der Waals surface area contributed by atoms with Gasteiger partial charge in [-0.15, -0.1) is 10.2 Å². The van der Waals surface area contributed by atoms with Gasteiger partial charge in [0.15, 0.2) is 0 Å². The van der Waals surface area contributed by atoms with Crippen LogP contribution in [0, 0.1) is 0 Å². The van der Waals surface area contributed by atoms with Gasteiger partial charge in [-0.3, -0.25) is 10.1 Å². The van der Waals surface area contributed by atoms with Gasteiger partial charge < -0.3 is 4.98 Å². The van der Waals surface area contributed by atoms with Gasteiger partial charge in [-0.05, 0) is 28.4 Å². The molecule has 2 heterocycles. The minimum atomic E-state index is -0.209. The van der Waals surface area contributed by atoms with Gasteiger partial charge in [-0.2, -0.15) is 0 Å². The molecule has 18 heavy (non-hydrogen) atoms. The van der Waals surface area contributed by atoms with E-state index in [-0.39, 0.29) is 5.91 Å². The first-order valence-corrected chi connectivity index (χ1v) is 7.27. The number of H-pyrrole nitrogens is 1. The Morgan fingerprint density at radius 1 is 1.56 bits per heavy atom.